The number of fused-ring (bicyclic) bond motifs is 1. The lowest BCUT2D eigenvalue weighted by Crippen LogP contribution is -2.43. The van der Waals surface area contributed by atoms with Crippen molar-refractivity contribution >= 4 is 5.97 Å². The van der Waals surface area contributed by atoms with Crippen LogP contribution < -0.4 is 4.74 Å². The number of benzene rings is 1. The fourth-order valence-electron chi connectivity index (χ4n) is 3.42. The van der Waals surface area contributed by atoms with E-state index in [9.17, 15) is 4.79 Å². The highest BCUT2D eigenvalue weighted by atomic mass is 16.7. The highest BCUT2D eigenvalue weighted by Crippen LogP contribution is 2.40. The lowest BCUT2D eigenvalue weighted by Gasteiger charge is -2.38. The first-order valence-electron chi connectivity index (χ1n) is 8.31. The zero-order chi connectivity index (χ0) is 15.4. The van der Waals surface area contributed by atoms with E-state index in [0.717, 1.165) is 37.0 Å². The van der Waals surface area contributed by atoms with E-state index in [4.69, 9.17) is 14.2 Å². The maximum Gasteiger partial charge on any atom is 0.308 e. The molecule has 1 unspecified atom stereocenters. The molecule has 0 N–H and O–H groups in total. The minimum absolute atomic E-state index is 0.180. The average molecular weight is 304 g/mol. The number of esters is 1. The zero-order valence-electron chi connectivity index (χ0n) is 13.2. The van der Waals surface area contributed by atoms with E-state index in [2.05, 4.69) is 6.07 Å². The highest BCUT2D eigenvalue weighted by molar-refractivity contribution is 5.70. The highest BCUT2D eigenvalue weighted by Gasteiger charge is 2.41. The van der Waals surface area contributed by atoms with Crippen LogP contribution in [0.3, 0.4) is 0 Å². The van der Waals surface area contributed by atoms with Gasteiger partial charge < -0.3 is 14.2 Å². The van der Waals surface area contributed by atoms with Gasteiger partial charge in [0.15, 0.2) is 0 Å². The summed E-state index contributed by atoms with van der Waals surface area (Å²) in [6.45, 7) is 2.23. The van der Waals surface area contributed by atoms with Crippen molar-refractivity contribution in [2.45, 2.75) is 63.8 Å². The number of ether oxygens (including phenoxy) is 3. The molecule has 1 aromatic rings. The van der Waals surface area contributed by atoms with Gasteiger partial charge in [-0.2, -0.15) is 0 Å². The lowest BCUT2D eigenvalue weighted by molar-refractivity contribution is -0.223. The van der Waals surface area contributed by atoms with Crippen LogP contribution in [0.2, 0.25) is 0 Å². The van der Waals surface area contributed by atoms with Crippen LogP contribution in [0.4, 0.5) is 0 Å². The largest absolute Gasteiger partial charge is 0.466 e. The van der Waals surface area contributed by atoms with Crippen LogP contribution in [0.1, 0.15) is 51.0 Å². The van der Waals surface area contributed by atoms with Crippen LogP contribution in [0, 0.1) is 0 Å². The van der Waals surface area contributed by atoms with Gasteiger partial charge in [-0.1, -0.05) is 24.6 Å². The fourth-order valence-corrected chi connectivity index (χ4v) is 3.42. The van der Waals surface area contributed by atoms with Gasteiger partial charge in [-0.05, 0) is 31.4 Å². The molecule has 22 heavy (non-hydrogen) atoms. The van der Waals surface area contributed by atoms with Crippen molar-refractivity contribution in [1.82, 2.24) is 0 Å². The number of hydrogen-bond donors (Lipinski definition) is 0. The molecule has 1 fully saturated rings. The van der Waals surface area contributed by atoms with Gasteiger partial charge in [0.2, 0.25) is 5.79 Å². The first-order chi connectivity index (χ1) is 10.7. The van der Waals surface area contributed by atoms with Crippen molar-refractivity contribution in [3.05, 3.63) is 29.8 Å². The Morgan fingerprint density at radius 1 is 1.27 bits per heavy atom. The molecule has 2 aliphatic rings. The molecule has 1 heterocycles. The summed E-state index contributed by atoms with van der Waals surface area (Å²) in [5, 5.41) is 0. The summed E-state index contributed by atoms with van der Waals surface area (Å²) in [5.74, 6) is 0.135. The predicted molar refractivity (Wildman–Crippen MR) is 82.7 cm³/mol. The Kier molecular flexibility index (Phi) is 4.67. The molecule has 1 saturated carbocycles. The van der Waals surface area contributed by atoms with Crippen LogP contribution in [0.5, 0.6) is 5.75 Å². The van der Waals surface area contributed by atoms with Gasteiger partial charge in [0.25, 0.3) is 0 Å². The molecule has 3 rings (SSSR count). The molecule has 120 valence electrons. The van der Waals surface area contributed by atoms with E-state index < -0.39 is 5.79 Å². The third-order valence-corrected chi connectivity index (χ3v) is 4.41. The maximum absolute atomic E-state index is 11.9. The number of hydrogen-bond acceptors (Lipinski definition) is 4. The van der Waals surface area contributed by atoms with Gasteiger partial charge in [0.1, 0.15) is 5.75 Å². The standard InChI is InChI=1S/C18H24O4/c1-2-20-17(19)13-15-12-14-8-4-5-9-16(14)22-18(21-15)10-6-3-7-11-18/h4-5,8-9,15H,2-3,6-7,10-13H2,1H3. The van der Waals surface area contributed by atoms with Crippen LogP contribution >= 0.6 is 0 Å². The Labute approximate surface area is 131 Å². The predicted octanol–water partition coefficient (Wildman–Crippen LogP) is 3.62. The molecule has 4 heteroatoms. The number of carbonyl (C=O) groups is 1. The molecular formula is C18H24O4. The molecule has 1 spiro atoms. The number of carbonyl (C=O) groups excluding carboxylic acids is 1. The number of rotatable bonds is 3. The molecule has 0 saturated heterocycles. The van der Waals surface area contributed by atoms with Crippen molar-refractivity contribution in [2.75, 3.05) is 6.61 Å². The van der Waals surface area contributed by atoms with Crippen molar-refractivity contribution in [3.8, 4) is 5.75 Å². The third kappa shape index (κ3) is 3.43. The second-order valence-electron chi connectivity index (χ2n) is 6.13. The monoisotopic (exact) mass is 304 g/mol. The Hall–Kier alpha value is -1.55. The zero-order valence-corrected chi connectivity index (χ0v) is 13.2. The van der Waals surface area contributed by atoms with Gasteiger partial charge in [-0.25, -0.2) is 0 Å². The molecule has 1 aromatic carbocycles. The minimum atomic E-state index is -0.567. The fraction of sp³-hybridized carbons (Fsp3) is 0.611. The summed E-state index contributed by atoms with van der Waals surface area (Å²) in [6, 6.07) is 8.05. The van der Waals surface area contributed by atoms with E-state index in [1.54, 1.807) is 0 Å². The molecule has 4 nitrogen and oxygen atoms in total. The summed E-state index contributed by atoms with van der Waals surface area (Å²) in [5.41, 5.74) is 1.11. The van der Waals surface area contributed by atoms with Crippen molar-refractivity contribution < 1.29 is 19.0 Å². The lowest BCUT2D eigenvalue weighted by atomic mass is 9.93. The summed E-state index contributed by atoms with van der Waals surface area (Å²) >= 11 is 0. The van der Waals surface area contributed by atoms with E-state index >= 15 is 0 Å². The minimum Gasteiger partial charge on any atom is -0.466 e. The number of para-hydroxylation sites is 1. The quantitative estimate of drug-likeness (QED) is 0.800. The summed E-state index contributed by atoms with van der Waals surface area (Å²) in [4.78, 5) is 11.9. The van der Waals surface area contributed by atoms with Gasteiger partial charge >= 0.3 is 5.97 Å². The molecule has 0 bridgehead atoms. The molecule has 0 radical (unpaired) electrons. The van der Waals surface area contributed by atoms with E-state index in [1.165, 1.54) is 6.42 Å². The summed E-state index contributed by atoms with van der Waals surface area (Å²) < 4.78 is 17.7. The Balaban J connectivity index is 1.83. The van der Waals surface area contributed by atoms with Crippen molar-refractivity contribution in [2.24, 2.45) is 0 Å². The first-order valence-corrected chi connectivity index (χ1v) is 8.31. The van der Waals surface area contributed by atoms with Crippen LogP contribution in [-0.2, 0) is 20.7 Å². The smallest absolute Gasteiger partial charge is 0.308 e. The van der Waals surface area contributed by atoms with Gasteiger partial charge in [0, 0.05) is 19.3 Å². The molecule has 1 aliphatic heterocycles. The van der Waals surface area contributed by atoms with Gasteiger partial charge in [0.05, 0.1) is 19.1 Å². The van der Waals surface area contributed by atoms with Crippen molar-refractivity contribution in [3.63, 3.8) is 0 Å². The Morgan fingerprint density at radius 2 is 2.05 bits per heavy atom. The average Bonchev–Trinajstić information content (AvgIpc) is 2.64. The summed E-state index contributed by atoms with van der Waals surface area (Å²) in [7, 11) is 0. The first kappa shape index (κ1) is 15.3. The molecular weight excluding hydrogens is 280 g/mol. The van der Waals surface area contributed by atoms with E-state index in [-0.39, 0.29) is 18.5 Å². The van der Waals surface area contributed by atoms with Crippen LogP contribution in [-0.4, -0.2) is 24.5 Å². The molecule has 1 aliphatic carbocycles. The van der Waals surface area contributed by atoms with Crippen LogP contribution in [0.25, 0.3) is 0 Å². The second kappa shape index (κ2) is 6.69. The normalized spacial score (nSPS) is 23.2. The summed E-state index contributed by atoms with van der Waals surface area (Å²) in [6.07, 6.45) is 6.01. The van der Waals surface area contributed by atoms with Crippen LogP contribution in [0.15, 0.2) is 24.3 Å². The maximum atomic E-state index is 11.9. The molecule has 1 atom stereocenters. The second-order valence-corrected chi connectivity index (χ2v) is 6.13. The molecule has 0 amide bonds. The van der Waals surface area contributed by atoms with Gasteiger partial charge in [-0.3, -0.25) is 4.79 Å². The van der Waals surface area contributed by atoms with Gasteiger partial charge in [-0.15, -0.1) is 0 Å². The Bertz CT molecular complexity index is 520. The SMILES string of the molecule is CCOC(=O)CC1Cc2ccccc2OC2(CCCCC2)O1. The third-order valence-electron chi connectivity index (χ3n) is 4.41. The Morgan fingerprint density at radius 3 is 2.82 bits per heavy atom. The topological polar surface area (TPSA) is 44.8 Å². The van der Waals surface area contributed by atoms with E-state index in [1.807, 2.05) is 25.1 Å². The molecule has 0 aromatic heterocycles. The van der Waals surface area contributed by atoms with Crippen molar-refractivity contribution in [1.29, 1.82) is 0 Å². The van der Waals surface area contributed by atoms with E-state index in [0.29, 0.717) is 13.0 Å².